The van der Waals surface area contributed by atoms with E-state index in [4.69, 9.17) is 16.3 Å². The van der Waals surface area contributed by atoms with Gasteiger partial charge in [-0.1, -0.05) is 39.3 Å². The second kappa shape index (κ2) is 8.16. The van der Waals surface area contributed by atoms with E-state index in [1.807, 2.05) is 33.8 Å². The van der Waals surface area contributed by atoms with Crippen LogP contribution in [-0.4, -0.2) is 46.0 Å². The zero-order valence-corrected chi connectivity index (χ0v) is 20.5. The SMILES string of the molecule is CCCC(=O)O[C@@]1(C(=O)CO)[C@H](C)C[C@H]2[C@@H]3[C@H](Cl)CC4=CC(=O)C=C[C@]4(C)[C@H]3C(=O)C[C@@]21C. The molecule has 6 nitrogen and oxygen atoms in total. The van der Waals surface area contributed by atoms with E-state index in [-0.39, 0.29) is 47.5 Å². The van der Waals surface area contributed by atoms with E-state index < -0.39 is 40.7 Å². The normalized spacial score (nSPS) is 43.9. The van der Waals surface area contributed by atoms with Crippen molar-refractivity contribution < 1.29 is 29.0 Å². The fourth-order valence-electron chi connectivity index (χ4n) is 7.69. The van der Waals surface area contributed by atoms with Crippen LogP contribution in [-0.2, 0) is 23.9 Å². The Morgan fingerprint density at radius 2 is 1.97 bits per heavy atom. The number of aliphatic hydroxyl groups is 1. The van der Waals surface area contributed by atoms with Crippen molar-refractivity contribution in [2.45, 2.75) is 70.8 Å². The number of esters is 1. The van der Waals surface area contributed by atoms with Crippen LogP contribution in [0.4, 0.5) is 0 Å². The van der Waals surface area contributed by atoms with Crippen LogP contribution in [0.25, 0.3) is 0 Å². The van der Waals surface area contributed by atoms with Crippen LogP contribution in [0.5, 0.6) is 0 Å². The number of hydrogen-bond acceptors (Lipinski definition) is 6. The first kappa shape index (κ1) is 24.3. The molecule has 0 heterocycles. The molecule has 0 aliphatic heterocycles. The van der Waals surface area contributed by atoms with Crippen LogP contribution in [0.2, 0.25) is 0 Å². The van der Waals surface area contributed by atoms with Gasteiger partial charge < -0.3 is 9.84 Å². The number of carbonyl (C=O) groups excluding carboxylic acids is 4. The molecule has 0 unspecified atom stereocenters. The van der Waals surface area contributed by atoms with Gasteiger partial charge in [0.25, 0.3) is 0 Å². The minimum atomic E-state index is -1.56. The quantitative estimate of drug-likeness (QED) is 0.481. The van der Waals surface area contributed by atoms with Gasteiger partial charge in [-0.15, -0.1) is 11.6 Å². The Morgan fingerprint density at radius 3 is 2.61 bits per heavy atom. The Balaban J connectivity index is 1.83. The number of ketones is 3. The molecular weight excluding hydrogens is 444 g/mol. The van der Waals surface area contributed by atoms with Crippen molar-refractivity contribution in [1.82, 2.24) is 0 Å². The van der Waals surface area contributed by atoms with Gasteiger partial charge in [0.1, 0.15) is 12.4 Å². The Morgan fingerprint density at radius 1 is 1.27 bits per heavy atom. The summed E-state index contributed by atoms with van der Waals surface area (Å²) in [5.74, 6) is -2.33. The Bertz CT molecular complexity index is 968. The highest BCUT2D eigenvalue weighted by molar-refractivity contribution is 6.21. The van der Waals surface area contributed by atoms with Crippen LogP contribution in [0.3, 0.4) is 0 Å². The van der Waals surface area contributed by atoms with E-state index in [9.17, 15) is 24.3 Å². The first-order valence-electron chi connectivity index (χ1n) is 11.9. The van der Waals surface area contributed by atoms with Crippen molar-refractivity contribution >= 4 is 34.9 Å². The largest absolute Gasteiger partial charge is 0.450 e. The van der Waals surface area contributed by atoms with Gasteiger partial charge in [0, 0.05) is 40.9 Å². The monoisotopic (exact) mass is 476 g/mol. The fourth-order valence-corrected chi connectivity index (χ4v) is 8.18. The summed E-state index contributed by atoms with van der Waals surface area (Å²) in [7, 11) is 0. The summed E-state index contributed by atoms with van der Waals surface area (Å²) in [5, 5.41) is 9.51. The van der Waals surface area contributed by atoms with Crippen molar-refractivity contribution in [3.8, 4) is 0 Å². The van der Waals surface area contributed by atoms with E-state index in [2.05, 4.69) is 0 Å². The molecule has 4 rings (SSSR count). The van der Waals surface area contributed by atoms with Crippen molar-refractivity contribution in [2.75, 3.05) is 6.61 Å². The molecule has 33 heavy (non-hydrogen) atoms. The fraction of sp³-hybridized carbons (Fsp3) is 0.692. The number of halogens is 1. The number of rotatable bonds is 5. The molecule has 0 bridgehead atoms. The summed E-state index contributed by atoms with van der Waals surface area (Å²) in [5.41, 5.74) is -2.25. The highest BCUT2D eigenvalue weighted by atomic mass is 35.5. The molecule has 7 heteroatoms. The Hall–Kier alpha value is -1.79. The minimum Gasteiger partial charge on any atom is -0.450 e. The molecule has 4 aliphatic carbocycles. The summed E-state index contributed by atoms with van der Waals surface area (Å²) in [6, 6.07) is 0. The van der Waals surface area contributed by atoms with Gasteiger partial charge in [0.15, 0.2) is 11.4 Å². The van der Waals surface area contributed by atoms with Crippen molar-refractivity contribution in [3.05, 3.63) is 23.8 Å². The third-order valence-corrected chi connectivity index (χ3v) is 9.52. The van der Waals surface area contributed by atoms with Crippen LogP contribution in [0.15, 0.2) is 23.8 Å². The summed E-state index contributed by atoms with van der Waals surface area (Å²) >= 11 is 6.95. The molecule has 4 aliphatic rings. The summed E-state index contributed by atoms with van der Waals surface area (Å²) in [4.78, 5) is 51.9. The van der Waals surface area contributed by atoms with E-state index in [1.54, 1.807) is 6.08 Å². The Labute approximate surface area is 199 Å². The molecule has 0 spiro atoms. The third kappa shape index (κ3) is 3.23. The molecule has 0 aromatic carbocycles. The van der Waals surface area contributed by atoms with Crippen molar-refractivity contribution in [3.63, 3.8) is 0 Å². The highest BCUT2D eigenvalue weighted by Gasteiger charge is 2.73. The van der Waals surface area contributed by atoms with Crippen LogP contribution in [0, 0.1) is 34.5 Å². The smallest absolute Gasteiger partial charge is 0.306 e. The minimum absolute atomic E-state index is 0.0349. The lowest BCUT2D eigenvalue weighted by Crippen LogP contribution is -2.64. The maximum atomic E-state index is 13.9. The number of ether oxygens (including phenoxy) is 1. The van der Waals surface area contributed by atoms with E-state index in [0.717, 1.165) is 5.57 Å². The maximum Gasteiger partial charge on any atom is 0.306 e. The van der Waals surface area contributed by atoms with Crippen LogP contribution >= 0.6 is 11.6 Å². The van der Waals surface area contributed by atoms with Gasteiger partial charge in [-0.3, -0.25) is 19.2 Å². The number of Topliss-reactive ketones (excluding diaryl/α,β-unsaturated/α-hetero) is 2. The molecule has 8 atom stereocenters. The second-order valence-electron chi connectivity index (χ2n) is 10.8. The molecule has 0 saturated heterocycles. The third-order valence-electron chi connectivity index (χ3n) is 9.07. The number of alkyl halides is 1. The average Bonchev–Trinajstić information content (AvgIpc) is 2.96. The van der Waals surface area contributed by atoms with Crippen molar-refractivity contribution in [1.29, 1.82) is 0 Å². The highest BCUT2D eigenvalue weighted by Crippen LogP contribution is 2.68. The van der Waals surface area contributed by atoms with E-state index in [0.29, 0.717) is 19.3 Å². The second-order valence-corrected chi connectivity index (χ2v) is 11.4. The predicted molar refractivity (Wildman–Crippen MR) is 122 cm³/mol. The number of carbonyl (C=O) groups is 4. The zero-order chi connectivity index (χ0) is 24.3. The first-order valence-corrected chi connectivity index (χ1v) is 12.4. The van der Waals surface area contributed by atoms with Gasteiger partial charge >= 0.3 is 5.97 Å². The molecule has 0 aromatic rings. The number of allylic oxidation sites excluding steroid dienone is 4. The predicted octanol–water partition coefficient (Wildman–Crippen LogP) is 3.58. The zero-order valence-electron chi connectivity index (χ0n) is 19.7. The summed E-state index contributed by atoms with van der Waals surface area (Å²) < 4.78 is 5.97. The first-order chi connectivity index (χ1) is 15.5. The lowest BCUT2D eigenvalue weighted by atomic mass is 9.46. The van der Waals surface area contributed by atoms with Gasteiger partial charge in [-0.25, -0.2) is 0 Å². The van der Waals surface area contributed by atoms with Crippen LogP contribution in [0.1, 0.15) is 59.8 Å². The van der Waals surface area contributed by atoms with Crippen LogP contribution < -0.4 is 0 Å². The maximum absolute atomic E-state index is 13.9. The number of aliphatic hydroxyl groups excluding tert-OH is 1. The standard InChI is InChI=1S/C26H33ClO6/c1-5-6-21(32)33-26(20(31)13-28)14(2)9-17-22-18(27)11-15-10-16(29)7-8-24(15,3)23(22)19(30)12-25(17,26)4/h7-8,10,14,17-18,22-23,28H,5-6,9,11-13H2,1-4H3/t14-,17+,18-,22-,23+,24+,25+,26-/m1/s1. The topological polar surface area (TPSA) is 97.7 Å². The lowest BCUT2D eigenvalue weighted by Gasteiger charge is -2.58. The van der Waals surface area contributed by atoms with E-state index in [1.165, 1.54) is 6.08 Å². The Kier molecular flexibility index (Phi) is 6.02. The molecule has 0 amide bonds. The summed E-state index contributed by atoms with van der Waals surface area (Å²) in [6.45, 7) is 6.82. The molecule has 3 saturated carbocycles. The average molecular weight is 477 g/mol. The van der Waals surface area contributed by atoms with Gasteiger partial charge in [-0.2, -0.15) is 0 Å². The molecule has 0 aromatic heterocycles. The van der Waals surface area contributed by atoms with Gasteiger partial charge in [0.05, 0.1) is 0 Å². The number of fused-ring (bicyclic) bond motifs is 5. The lowest BCUT2D eigenvalue weighted by molar-refractivity contribution is -0.196. The molecular formula is C26H33ClO6. The molecule has 180 valence electrons. The molecule has 0 radical (unpaired) electrons. The van der Waals surface area contributed by atoms with Gasteiger partial charge in [-0.05, 0) is 43.3 Å². The summed E-state index contributed by atoms with van der Waals surface area (Å²) in [6.07, 6.45) is 6.83. The van der Waals surface area contributed by atoms with E-state index >= 15 is 0 Å². The molecule has 3 fully saturated rings. The molecule has 1 N–H and O–H groups in total. The van der Waals surface area contributed by atoms with Crippen molar-refractivity contribution in [2.24, 2.45) is 34.5 Å². The van der Waals surface area contributed by atoms with Gasteiger partial charge in [0.2, 0.25) is 5.78 Å². The number of hydrogen-bond donors (Lipinski definition) is 1.